The van der Waals surface area contributed by atoms with Crippen LogP contribution in [0.25, 0.3) is 0 Å². The van der Waals surface area contributed by atoms with E-state index in [4.69, 9.17) is 17.5 Å². The van der Waals surface area contributed by atoms with Gasteiger partial charge in [0.2, 0.25) is 0 Å². The van der Waals surface area contributed by atoms with Gasteiger partial charge in [-0.2, -0.15) is 8.42 Å². The van der Waals surface area contributed by atoms with E-state index in [9.17, 15) is 0 Å². The third kappa shape index (κ3) is 28.9. The van der Waals surface area contributed by atoms with Gasteiger partial charge >= 0.3 is 10.4 Å². The lowest BCUT2D eigenvalue weighted by Gasteiger charge is -2.24. The first kappa shape index (κ1) is 27.1. The molecule has 0 fully saturated rings. The Morgan fingerprint density at radius 2 is 0.960 bits per heavy atom. The lowest BCUT2D eigenvalue weighted by atomic mass is 10.00. The highest BCUT2D eigenvalue weighted by Crippen LogP contribution is 2.16. The molecule has 0 saturated heterocycles. The molecule has 154 valence electrons. The summed E-state index contributed by atoms with van der Waals surface area (Å²) >= 11 is 0. The number of hydrogen-bond acceptors (Lipinski definition) is 3. The molecule has 0 aliphatic rings. The third-order valence-electron chi connectivity index (χ3n) is 4.51. The Morgan fingerprint density at radius 1 is 0.680 bits per heavy atom. The minimum absolute atomic E-state index is 0.825. The van der Waals surface area contributed by atoms with Gasteiger partial charge in [-0.25, -0.2) is 0 Å². The molecule has 5 nitrogen and oxygen atoms in total. The molecule has 0 spiro atoms. The molecular weight excluding hydrogens is 338 g/mol. The van der Waals surface area contributed by atoms with E-state index < -0.39 is 10.4 Å². The van der Waals surface area contributed by atoms with E-state index in [1.165, 1.54) is 89.9 Å². The van der Waals surface area contributed by atoms with Crippen molar-refractivity contribution in [3.8, 4) is 0 Å². The Morgan fingerprint density at radius 3 is 1.32 bits per heavy atom. The second kappa shape index (κ2) is 18.6. The van der Waals surface area contributed by atoms with Gasteiger partial charge in [-0.05, 0) is 26.9 Å². The van der Waals surface area contributed by atoms with E-state index >= 15 is 0 Å². The highest BCUT2D eigenvalue weighted by Gasteiger charge is 2.10. The molecular formula is C19H43NO4S. The molecule has 2 N–H and O–H groups in total. The fourth-order valence-corrected chi connectivity index (χ4v) is 2.98. The first-order valence-electron chi connectivity index (χ1n) is 10.1. The van der Waals surface area contributed by atoms with Crippen molar-refractivity contribution in [1.29, 1.82) is 0 Å². The average Bonchev–Trinajstić information content (AvgIpc) is 2.49. The van der Waals surface area contributed by atoms with E-state index in [1.807, 2.05) is 0 Å². The highest BCUT2D eigenvalue weighted by molar-refractivity contribution is 7.79. The molecule has 1 atom stereocenters. The summed E-state index contributed by atoms with van der Waals surface area (Å²) in [6.45, 7) is 4.59. The topological polar surface area (TPSA) is 77.8 Å². The zero-order valence-electron chi connectivity index (χ0n) is 17.0. The van der Waals surface area contributed by atoms with Crippen LogP contribution in [0, 0.1) is 0 Å². The SMILES string of the molecule is CCCCCCCCCCCC(CCCCC)N(C)C.O=S(=O)(O)O. The molecule has 0 bridgehead atoms. The number of hydrogen-bond donors (Lipinski definition) is 2. The van der Waals surface area contributed by atoms with Crippen molar-refractivity contribution in [2.45, 2.75) is 110 Å². The maximum atomic E-state index is 8.74. The Kier molecular flexibility index (Phi) is 20.1. The predicted octanol–water partition coefficient (Wildman–Crippen LogP) is 5.77. The Labute approximate surface area is 157 Å². The maximum absolute atomic E-state index is 8.74. The molecule has 25 heavy (non-hydrogen) atoms. The zero-order chi connectivity index (χ0) is 19.6. The summed E-state index contributed by atoms with van der Waals surface area (Å²) in [6.07, 6.45) is 20.0. The molecule has 0 heterocycles. The summed E-state index contributed by atoms with van der Waals surface area (Å²) in [7, 11) is -0.158. The molecule has 0 rings (SSSR count). The minimum atomic E-state index is -4.67. The average molecular weight is 382 g/mol. The molecule has 0 amide bonds. The first-order chi connectivity index (χ1) is 11.7. The molecule has 0 aliphatic heterocycles. The highest BCUT2D eigenvalue weighted by atomic mass is 32.3. The molecule has 0 aliphatic carbocycles. The minimum Gasteiger partial charge on any atom is -0.306 e. The number of rotatable bonds is 15. The number of unbranched alkanes of at least 4 members (excludes halogenated alkanes) is 10. The molecule has 6 heteroatoms. The lowest BCUT2D eigenvalue weighted by molar-refractivity contribution is 0.252. The van der Waals surface area contributed by atoms with Crippen molar-refractivity contribution in [2.24, 2.45) is 0 Å². The second-order valence-corrected chi connectivity index (χ2v) is 8.07. The van der Waals surface area contributed by atoms with E-state index in [1.54, 1.807) is 0 Å². The summed E-state index contributed by atoms with van der Waals surface area (Å²) < 4.78 is 31.6. The van der Waals surface area contributed by atoms with E-state index in [0.29, 0.717) is 0 Å². The van der Waals surface area contributed by atoms with Crippen molar-refractivity contribution >= 4 is 10.4 Å². The van der Waals surface area contributed by atoms with Crippen LogP contribution in [0.3, 0.4) is 0 Å². The lowest BCUT2D eigenvalue weighted by Crippen LogP contribution is -2.27. The fourth-order valence-electron chi connectivity index (χ4n) is 2.98. The fraction of sp³-hybridized carbons (Fsp3) is 1.00. The van der Waals surface area contributed by atoms with E-state index in [0.717, 1.165) is 6.04 Å². The Bertz CT molecular complexity index is 350. The summed E-state index contributed by atoms with van der Waals surface area (Å²) in [5.74, 6) is 0. The van der Waals surface area contributed by atoms with E-state index in [2.05, 4.69) is 32.8 Å². The normalized spacial score (nSPS) is 12.8. The summed E-state index contributed by atoms with van der Waals surface area (Å²) in [4.78, 5) is 2.44. The van der Waals surface area contributed by atoms with Crippen LogP contribution < -0.4 is 0 Å². The Balaban J connectivity index is 0. The van der Waals surface area contributed by atoms with Gasteiger partial charge in [0.25, 0.3) is 0 Å². The van der Waals surface area contributed by atoms with E-state index in [-0.39, 0.29) is 0 Å². The van der Waals surface area contributed by atoms with Gasteiger partial charge in [0, 0.05) is 6.04 Å². The summed E-state index contributed by atoms with van der Waals surface area (Å²) in [5.41, 5.74) is 0. The zero-order valence-corrected chi connectivity index (χ0v) is 17.9. The predicted molar refractivity (Wildman–Crippen MR) is 108 cm³/mol. The van der Waals surface area contributed by atoms with Gasteiger partial charge in [-0.1, -0.05) is 90.9 Å². The Hall–Kier alpha value is -0.170. The van der Waals surface area contributed by atoms with Gasteiger partial charge in [0.15, 0.2) is 0 Å². The van der Waals surface area contributed by atoms with Crippen LogP contribution in [0.15, 0.2) is 0 Å². The van der Waals surface area contributed by atoms with Crippen molar-refractivity contribution in [3.63, 3.8) is 0 Å². The quantitative estimate of drug-likeness (QED) is 0.278. The van der Waals surface area contributed by atoms with Crippen LogP contribution in [0.2, 0.25) is 0 Å². The first-order valence-corrected chi connectivity index (χ1v) is 11.5. The smallest absolute Gasteiger partial charge is 0.306 e. The molecule has 0 aromatic heterocycles. The molecule has 0 aromatic rings. The number of nitrogens with zero attached hydrogens (tertiary/aromatic N) is 1. The van der Waals surface area contributed by atoms with Crippen LogP contribution >= 0.6 is 0 Å². The van der Waals surface area contributed by atoms with Crippen LogP contribution in [0.4, 0.5) is 0 Å². The standard InChI is InChI=1S/C19H41N.H2O4S/c1-5-7-9-10-11-12-13-14-16-18-19(20(3)4)17-15-8-6-2;1-5(2,3)4/h19H,5-18H2,1-4H3;(H2,1,2,3,4). The van der Waals surface area contributed by atoms with Crippen molar-refractivity contribution in [2.75, 3.05) is 14.1 Å². The van der Waals surface area contributed by atoms with Crippen molar-refractivity contribution in [1.82, 2.24) is 4.90 Å². The van der Waals surface area contributed by atoms with Crippen LogP contribution in [-0.4, -0.2) is 42.6 Å². The summed E-state index contributed by atoms with van der Waals surface area (Å²) in [6, 6.07) is 0.825. The van der Waals surface area contributed by atoms with Crippen molar-refractivity contribution in [3.05, 3.63) is 0 Å². The van der Waals surface area contributed by atoms with Crippen LogP contribution in [0.1, 0.15) is 104 Å². The molecule has 0 radical (unpaired) electrons. The van der Waals surface area contributed by atoms with Gasteiger partial charge < -0.3 is 4.90 Å². The second-order valence-electron chi connectivity index (χ2n) is 7.18. The molecule has 0 aromatic carbocycles. The van der Waals surface area contributed by atoms with Gasteiger partial charge in [-0.15, -0.1) is 0 Å². The maximum Gasteiger partial charge on any atom is 0.394 e. The largest absolute Gasteiger partial charge is 0.394 e. The molecule has 0 saturated carbocycles. The molecule has 1 unspecified atom stereocenters. The van der Waals surface area contributed by atoms with Crippen LogP contribution in [0.5, 0.6) is 0 Å². The monoisotopic (exact) mass is 381 g/mol. The van der Waals surface area contributed by atoms with Gasteiger partial charge in [0.05, 0.1) is 0 Å². The van der Waals surface area contributed by atoms with Gasteiger partial charge in [-0.3, -0.25) is 9.11 Å². The van der Waals surface area contributed by atoms with Crippen molar-refractivity contribution < 1.29 is 17.5 Å². The summed E-state index contributed by atoms with van der Waals surface area (Å²) in [5, 5.41) is 0. The van der Waals surface area contributed by atoms with Gasteiger partial charge in [0.1, 0.15) is 0 Å². The van der Waals surface area contributed by atoms with Crippen LogP contribution in [-0.2, 0) is 10.4 Å². The third-order valence-corrected chi connectivity index (χ3v) is 4.51.